The van der Waals surface area contributed by atoms with Gasteiger partial charge in [0, 0.05) is 6.42 Å². The maximum Gasteiger partial charge on any atom is 0.326 e. The Labute approximate surface area is 197 Å². The van der Waals surface area contributed by atoms with E-state index in [1.807, 2.05) is 13.0 Å². The van der Waals surface area contributed by atoms with Crippen molar-refractivity contribution in [1.82, 2.24) is 5.32 Å². The summed E-state index contributed by atoms with van der Waals surface area (Å²) in [5.74, 6) is -4.59. The first-order valence-electron chi connectivity index (χ1n) is 11.3. The number of carbonyl (C=O) groups is 3. The summed E-state index contributed by atoms with van der Waals surface area (Å²) in [6.45, 7) is 8.20. The van der Waals surface area contributed by atoms with Crippen molar-refractivity contribution in [2.45, 2.75) is 72.3 Å². The van der Waals surface area contributed by atoms with E-state index >= 15 is 0 Å². The third-order valence-electron chi connectivity index (χ3n) is 5.34. The summed E-state index contributed by atoms with van der Waals surface area (Å²) in [5.41, 5.74) is 4.38. The van der Waals surface area contributed by atoms with Crippen molar-refractivity contribution in [2.75, 3.05) is 0 Å². The first kappa shape index (κ1) is 27.9. The zero-order chi connectivity index (χ0) is 24.8. The molecule has 0 aliphatic carbocycles. The molecule has 6 heteroatoms. The van der Waals surface area contributed by atoms with E-state index in [2.05, 4.69) is 38.2 Å². The number of amides is 1. The number of aliphatic carboxylic acids is 2. The van der Waals surface area contributed by atoms with Gasteiger partial charge >= 0.3 is 11.9 Å². The zero-order valence-electron chi connectivity index (χ0n) is 20.1. The van der Waals surface area contributed by atoms with Crippen LogP contribution in [0.3, 0.4) is 0 Å². The van der Waals surface area contributed by atoms with Crippen LogP contribution >= 0.6 is 0 Å². The van der Waals surface area contributed by atoms with Crippen LogP contribution in [0.15, 0.2) is 65.3 Å². The zero-order valence-corrected chi connectivity index (χ0v) is 20.1. The first-order valence-corrected chi connectivity index (χ1v) is 11.3. The first-order chi connectivity index (χ1) is 15.6. The average molecular weight is 456 g/mol. The lowest BCUT2D eigenvalue weighted by Crippen LogP contribution is -2.46. The lowest BCUT2D eigenvalue weighted by Gasteiger charge is -2.17. The van der Waals surface area contributed by atoms with E-state index in [4.69, 9.17) is 0 Å². The maximum absolute atomic E-state index is 12.6. The van der Waals surface area contributed by atoms with Crippen LogP contribution in [0.2, 0.25) is 0 Å². The smallest absolute Gasteiger partial charge is 0.326 e. The van der Waals surface area contributed by atoms with Crippen LogP contribution in [0.25, 0.3) is 0 Å². The molecule has 0 heterocycles. The second-order valence-corrected chi connectivity index (χ2v) is 8.68. The number of hydrogen-bond acceptors (Lipinski definition) is 3. The summed E-state index contributed by atoms with van der Waals surface area (Å²) in [4.78, 5) is 35.8. The Hall–Kier alpha value is -3.15. The van der Waals surface area contributed by atoms with Crippen LogP contribution in [-0.4, -0.2) is 34.1 Å². The Balaban J connectivity index is 2.65. The van der Waals surface area contributed by atoms with Crippen molar-refractivity contribution in [2.24, 2.45) is 5.92 Å². The van der Waals surface area contributed by atoms with Crippen LogP contribution in [0.1, 0.15) is 65.4 Å². The van der Waals surface area contributed by atoms with Gasteiger partial charge in [0.05, 0.1) is 0 Å². The SMILES string of the molecule is CC(C)=CCC/C(C)=C/CC/C(C)=C/CC(C(=O)O)C(=O)NC(Cc1ccccc1)C(=O)O. The second-order valence-electron chi connectivity index (χ2n) is 8.68. The third-order valence-corrected chi connectivity index (χ3v) is 5.34. The van der Waals surface area contributed by atoms with E-state index in [9.17, 15) is 24.6 Å². The quantitative estimate of drug-likeness (QED) is 0.261. The molecule has 0 saturated heterocycles. The molecule has 2 unspecified atom stereocenters. The van der Waals surface area contributed by atoms with Gasteiger partial charge in [-0.2, -0.15) is 0 Å². The van der Waals surface area contributed by atoms with Gasteiger partial charge in [-0.1, -0.05) is 65.3 Å². The summed E-state index contributed by atoms with van der Waals surface area (Å²) in [5, 5.41) is 21.4. The van der Waals surface area contributed by atoms with E-state index < -0.39 is 29.8 Å². The van der Waals surface area contributed by atoms with Crippen LogP contribution < -0.4 is 5.32 Å². The third kappa shape index (κ3) is 11.9. The van der Waals surface area contributed by atoms with E-state index in [0.717, 1.165) is 36.8 Å². The van der Waals surface area contributed by atoms with Crippen molar-refractivity contribution in [3.05, 3.63) is 70.8 Å². The van der Waals surface area contributed by atoms with Crippen molar-refractivity contribution in [1.29, 1.82) is 0 Å². The Morgan fingerprint density at radius 2 is 1.42 bits per heavy atom. The number of benzene rings is 1. The molecule has 0 fully saturated rings. The molecule has 0 aliphatic heterocycles. The summed E-state index contributed by atoms with van der Waals surface area (Å²) in [7, 11) is 0. The summed E-state index contributed by atoms with van der Waals surface area (Å²) < 4.78 is 0. The summed E-state index contributed by atoms with van der Waals surface area (Å²) >= 11 is 0. The van der Waals surface area contributed by atoms with Crippen LogP contribution in [-0.2, 0) is 20.8 Å². The number of carboxylic acids is 2. The maximum atomic E-state index is 12.6. The van der Waals surface area contributed by atoms with Crippen LogP contribution in [0.5, 0.6) is 0 Å². The topological polar surface area (TPSA) is 104 Å². The Kier molecular flexibility index (Phi) is 12.5. The molecular weight excluding hydrogens is 418 g/mol. The molecule has 0 aromatic heterocycles. The minimum Gasteiger partial charge on any atom is -0.481 e. The minimum atomic E-state index is -1.33. The molecule has 3 N–H and O–H groups in total. The molecule has 1 rings (SSSR count). The molecule has 33 heavy (non-hydrogen) atoms. The van der Waals surface area contributed by atoms with Gasteiger partial charge < -0.3 is 15.5 Å². The average Bonchev–Trinajstić information content (AvgIpc) is 2.73. The molecule has 0 aliphatic rings. The molecular formula is C27H37NO5. The lowest BCUT2D eigenvalue weighted by molar-refractivity contribution is -0.149. The van der Waals surface area contributed by atoms with Gasteiger partial charge in [0.25, 0.3) is 0 Å². The van der Waals surface area contributed by atoms with E-state index in [-0.39, 0.29) is 12.8 Å². The molecule has 2 atom stereocenters. The van der Waals surface area contributed by atoms with Gasteiger partial charge in [0.2, 0.25) is 5.91 Å². The predicted octanol–water partition coefficient (Wildman–Crippen LogP) is 5.31. The fraction of sp³-hybridized carbons (Fsp3) is 0.444. The number of rotatable bonds is 14. The molecule has 0 saturated carbocycles. The normalized spacial score (nSPS) is 13.7. The van der Waals surface area contributed by atoms with Gasteiger partial charge in [-0.15, -0.1) is 0 Å². The number of carbonyl (C=O) groups excluding carboxylic acids is 1. The van der Waals surface area contributed by atoms with Gasteiger partial charge in [0.15, 0.2) is 0 Å². The Morgan fingerprint density at radius 3 is 1.97 bits per heavy atom. The summed E-state index contributed by atoms with van der Waals surface area (Å²) in [6.07, 6.45) is 9.95. The fourth-order valence-electron chi connectivity index (χ4n) is 3.30. The largest absolute Gasteiger partial charge is 0.481 e. The van der Waals surface area contributed by atoms with E-state index in [1.54, 1.807) is 30.3 Å². The number of nitrogens with one attached hydrogen (secondary N) is 1. The fourth-order valence-corrected chi connectivity index (χ4v) is 3.30. The lowest BCUT2D eigenvalue weighted by atomic mass is 9.99. The molecule has 0 bridgehead atoms. The molecule has 1 amide bonds. The van der Waals surface area contributed by atoms with Gasteiger partial charge in [0.1, 0.15) is 12.0 Å². The predicted molar refractivity (Wildman–Crippen MR) is 131 cm³/mol. The number of allylic oxidation sites excluding steroid dienone is 6. The van der Waals surface area contributed by atoms with Crippen molar-refractivity contribution in [3.8, 4) is 0 Å². The van der Waals surface area contributed by atoms with Gasteiger partial charge in [-0.3, -0.25) is 9.59 Å². The molecule has 6 nitrogen and oxygen atoms in total. The second kappa shape index (κ2) is 14.8. The van der Waals surface area contributed by atoms with E-state index in [0.29, 0.717) is 0 Å². The molecule has 0 spiro atoms. The monoisotopic (exact) mass is 455 g/mol. The van der Waals surface area contributed by atoms with Gasteiger partial charge in [-0.25, -0.2) is 4.79 Å². The van der Waals surface area contributed by atoms with Crippen LogP contribution in [0.4, 0.5) is 0 Å². The van der Waals surface area contributed by atoms with Crippen LogP contribution in [0, 0.1) is 5.92 Å². The number of hydrogen-bond donors (Lipinski definition) is 3. The molecule has 180 valence electrons. The Bertz CT molecular complexity index is 879. The highest BCUT2D eigenvalue weighted by molar-refractivity contribution is 5.98. The van der Waals surface area contributed by atoms with Crippen molar-refractivity contribution >= 4 is 17.8 Å². The molecule has 0 radical (unpaired) electrons. The highest BCUT2D eigenvalue weighted by Gasteiger charge is 2.29. The highest BCUT2D eigenvalue weighted by Crippen LogP contribution is 2.15. The summed E-state index contributed by atoms with van der Waals surface area (Å²) in [6, 6.07) is 7.72. The highest BCUT2D eigenvalue weighted by atomic mass is 16.4. The minimum absolute atomic E-state index is 0.0218. The van der Waals surface area contributed by atoms with Crippen molar-refractivity contribution in [3.63, 3.8) is 0 Å². The van der Waals surface area contributed by atoms with Crippen molar-refractivity contribution < 1.29 is 24.6 Å². The van der Waals surface area contributed by atoms with Gasteiger partial charge in [-0.05, 0) is 65.4 Å². The standard InChI is InChI=1S/C27H37NO5/c1-19(2)10-8-11-20(3)12-9-13-21(4)16-17-23(26(30)31)25(29)28-24(27(32)33)18-22-14-6-5-7-15-22/h5-7,10,12,14-16,23-24H,8-9,11,13,17-18H2,1-4H3,(H,28,29)(H,30,31)(H,32,33)/b20-12+,21-16+. The van der Waals surface area contributed by atoms with E-state index in [1.165, 1.54) is 11.1 Å². The Morgan fingerprint density at radius 1 is 0.848 bits per heavy atom. The molecule has 1 aromatic rings. The number of carboxylic acid groups (broad SMARTS) is 2. The molecule has 1 aromatic carbocycles.